The number of hydrogen-bond acceptors (Lipinski definition) is 9. The Bertz CT molecular complexity index is 1140. The molecule has 0 aliphatic carbocycles. The SMILES string of the molecule is CCCCN1N=C(SCC)SC1NCc1cccc(C(=O)N[C@@H](CCSC)C(=O)OC)c1-c1ccccc1C. The monoisotopic (exact) mass is 588 g/mol. The highest BCUT2D eigenvalue weighted by Gasteiger charge is 2.28. The van der Waals surface area contributed by atoms with Gasteiger partial charge in [0.1, 0.15) is 6.04 Å². The van der Waals surface area contributed by atoms with Crippen LogP contribution in [0.2, 0.25) is 0 Å². The summed E-state index contributed by atoms with van der Waals surface area (Å²) in [4.78, 5) is 26.1. The number of hydrazone groups is 1. The molecule has 1 heterocycles. The minimum atomic E-state index is -0.699. The lowest BCUT2D eigenvalue weighted by Gasteiger charge is -2.25. The number of carbonyl (C=O) groups is 2. The number of esters is 1. The average Bonchev–Trinajstić information content (AvgIpc) is 3.33. The fourth-order valence-corrected chi connectivity index (χ4v) is 6.89. The molecule has 0 radical (unpaired) electrons. The number of nitrogens with zero attached hydrogens (tertiary/aromatic N) is 2. The number of nitrogens with one attached hydrogen (secondary N) is 2. The average molecular weight is 589 g/mol. The Labute approximate surface area is 245 Å². The standard InChI is InChI=1S/C29H40N4O3S3/c1-6-8-17-33-28(39-29(32-33)38-7-2)30-19-21-13-11-15-23(25(21)22-14-10-9-12-20(22)3)26(34)31-24(16-18-37-5)27(35)36-4/h9-15,24,28,30H,6-8,16-19H2,1-5H3,(H,31,34)/t24-,28?/m0/s1. The summed E-state index contributed by atoms with van der Waals surface area (Å²) in [6, 6.07) is 13.2. The van der Waals surface area contributed by atoms with Crippen LogP contribution in [-0.2, 0) is 16.1 Å². The second-order valence-electron chi connectivity index (χ2n) is 9.15. The van der Waals surface area contributed by atoms with Gasteiger partial charge < -0.3 is 10.1 Å². The quantitative estimate of drug-likeness (QED) is 0.263. The van der Waals surface area contributed by atoms with Crippen molar-refractivity contribution in [3.63, 3.8) is 0 Å². The topological polar surface area (TPSA) is 83.0 Å². The summed E-state index contributed by atoms with van der Waals surface area (Å²) in [7, 11) is 1.35. The van der Waals surface area contributed by atoms with Gasteiger partial charge >= 0.3 is 5.97 Å². The summed E-state index contributed by atoms with van der Waals surface area (Å²) in [6.07, 6.45) is 4.67. The molecule has 1 amide bonds. The van der Waals surface area contributed by atoms with E-state index in [9.17, 15) is 9.59 Å². The van der Waals surface area contributed by atoms with E-state index in [1.807, 2.05) is 36.6 Å². The molecular formula is C29H40N4O3S3. The molecule has 0 saturated carbocycles. The van der Waals surface area contributed by atoms with Gasteiger partial charge in [-0.1, -0.05) is 80.2 Å². The van der Waals surface area contributed by atoms with Gasteiger partial charge in [-0.2, -0.15) is 16.9 Å². The molecule has 0 bridgehead atoms. The highest BCUT2D eigenvalue weighted by molar-refractivity contribution is 8.39. The van der Waals surface area contributed by atoms with E-state index in [0.29, 0.717) is 18.5 Å². The van der Waals surface area contributed by atoms with E-state index in [1.165, 1.54) is 7.11 Å². The van der Waals surface area contributed by atoms with E-state index in [0.717, 1.165) is 57.5 Å². The lowest BCUT2D eigenvalue weighted by atomic mass is 9.91. The van der Waals surface area contributed by atoms with Gasteiger partial charge in [-0.3, -0.25) is 15.1 Å². The molecule has 0 spiro atoms. The van der Waals surface area contributed by atoms with E-state index in [2.05, 4.69) is 48.5 Å². The van der Waals surface area contributed by atoms with Crippen molar-refractivity contribution < 1.29 is 14.3 Å². The van der Waals surface area contributed by atoms with Crippen LogP contribution < -0.4 is 10.6 Å². The largest absolute Gasteiger partial charge is 0.467 e. The van der Waals surface area contributed by atoms with Gasteiger partial charge in [0.05, 0.1) is 7.11 Å². The van der Waals surface area contributed by atoms with Gasteiger partial charge in [0.2, 0.25) is 0 Å². The zero-order valence-corrected chi connectivity index (χ0v) is 25.9. The number of ether oxygens (including phenoxy) is 1. The summed E-state index contributed by atoms with van der Waals surface area (Å²) < 4.78 is 6.05. The van der Waals surface area contributed by atoms with Crippen molar-refractivity contribution in [2.75, 3.05) is 31.4 Å². The number of amides is 1. The minimum absolute atomic E-state index is 0.0306. The van der Waals surface area contributed by atoms with Crippen LogP contribution in [0.4, 0.5) is 0 Å². The molecule has 1 aliphatic rings. The summed E-state index contributed by atoms with van der Waals surface area (Å²) in [5, 5.41) is 13.6. The first-order valence-electron chi connectivity index (χ1n) is 13.4. The maximum absolute atomic E-state index is 13.7. The summed E-state index contributed by atoms with van der Waals surface area (Å²) >= 11 is 5.14. The molecule has 0 saturated heterocycles. The van der Waals surface area contributed by atoms with Gasteiger partial charge in [-0.05, 0) is 65.8 Å². The van der Waals surface area contributed by atoms with Crippen molar-refractivity contribution in [1.29, 1.82) is 0 Å². The third kappa shape index (κ3) is 8.67. The fraction of sp³-hybridized carbons (Fsp3) is 0.483. The number of thioether (sulfide) groups is 3. The van der Waals surface area contributed by atoms with Crippen LogP contribution in [0.25, 0.3) is 11.1 Å². The summed E-state index contributed by atoms with van der Waals surface area (Å²) in [5.41, 5.74) is 4.55. The first kappa shape index (κ1) is 31.4. The predicted octanol–water partition coefficient (Wildman–Crippen LogP) is 5.93. The van der Waals surface area contributed by atoms with Crippen LogP contribution in [0, 0.1) is 6.92 Å². The van der Waals surface area contributed by atoms with E-state index in [1.54, 1.807) is 35.3 Å². The van der Waals surface area contributed by atoms with Gasteiger partial charge in [0.25, 0.3) is 5.91 Å². The normalized spacial score (nSPS) is 15.7. The molecule has 3 rings (SSSR count). The van der Waals surface area contributed by atoms with Crippen LogP contribution in [0.5, 0.6) is 0 Å². The highest BCUT2D eigenvalue weighted by atomic mass is 32.2. The van der Waals surface area contributed by atoms with E-state index < -0.39 is 12.0 Å². The molecule has 0 aromatic heterocycles. The molecule has 2 N–H and O–H groups in total. The fourth-order valence-electron chi connectivity index (χ4n) is 4.33. The number of hydrogen-bond donors (Lipinski definition) is 2. The molecule has 2 atom stereocenters. The van der Waals surface area contributed by atoms with E-state index >= 15 is 0 Å². The maximum Gasteiger partial charge on any atom is 0.328 e. The van der Waals surface area contributed by atoms with E-state index in [4.69, 9.17) is 9.84 Å². The van der Waals surface area contributed by atoms with Crippen LogP contribution in [-0.4, -0.2) is 64.2 Å². The molecule has 39 heavy (non-hydrogen) atoms. The molecule has 212 valence electrons. The van der Waals surface area contributed by atoms with Crippen LogP contribution >= 0.6 is 35.3 Å². The van der Waals surface area contributed by atoms with Crippen molar-refractivity contribution in [1.82, 2.24) is 15.6 Å². The van der Waals surface area contributed by atoms with Crippen LogP contribution in [0.3, 0.4) is 0 Å². The zero-order chi connectivity index (χ0) is 28.2. The van der Waals surface area contributed by atoms with Crippen molar-refractivity contribution in [3.8, 4) is 11.1 Å². The molecule has 2 aromatic carbocycles. The molecular weight excluding hydrogens is 549 g/mol. The van der Waals surface area contributed by atoms with Crippen LogP contribution in [0.1, 0.15) is 54.6 Å². The van der Waals surface area contributed by atoms with Gasteiger partial charge in [0.15, 0.2) is 9.87 Å². The van der Waals surface area contributed by atoms with Crippen molar-refractivity contribution in [2.24, 2.45) is 5.10 Å². The molecule has 1 aliphatic heterocycles. The summed E-state index contributed by atoms with van der Waals surface area (Å²) in [5.74, 6) is 1.01. The zero-order valence-electron chi connectivity index (χ0n) is 23.5. The minimum Gasteiger partial charge on any atom is -0.467 e. The Balaban J connectivity index is 1.92. The number of methoxy groups -OCH3 is 1. The van der Waals surface area contributed by atoms with Crippen LogP contribution in [0.15, 0.2) is 47.6 Å². The smallest absolute Gasteiger partial charge is 0.328 e. The molecule has 2 aromatic rings. The summed E-state index contributed by atoms with van der Waals surface area (Å²) in [6.45, 7) is 7.85. The first-order valence-corrected chi connectivity index (χ1v) is 16.6. The lowest BCUT2D eigenvalue weighted by molar-refractivity contribution is -0.142. The number of carbonyl (C=O) groups excluding carboxylic acids is 2. The third-order valence-electron chi connectivity index (χ3n) is 6.38. The second kappa shape index (κ2) is 16.2. The number of benzene rings is 2. The van der Waals surface area contributed by atoms with Crippen molar-refractivity contribution in [2.45, 2.75) is 58.1 Å². The third-order valence-corrected chi connectivity index (χ3v) is 9.20. The van der Waals surface area contributed by atoms with Crippen molar-refractivity contribution >= 4 is 51.5 Å². The predicted molar refractivity (Wildman–Crippen MR) is 168 cm³/mol. The van der Waals surface area contributed by atoms with Gasteiger partial charge in [0, 0.05) is 18.7 Å². The Morgan fingerprint density at radius 1 is 1.18 bits per heavy atom. The molecule has 1 unspecified atom stereocenters. The van der Waals surface area contributed by atoms with Crippen molar-refractivity contribution in [3.05, 3.63) is 59.2 Å². The lowest BCUT2D eigenvalue weighted by Crippen LogP contribution is -2.42. The Morgan fingerprint density at radius 3 is 2.67 bits per heavy atom. The second-order valence-corrected chi connectivity index (χ2v) is 12.7. The molecule has 0 fully saturated rings. The van der Waals surface area contributed by atoms with Gasteiger partial charge in [-0.25, -0.2) is 4.79 Å². The Kier molecular flexibility index (Phi) is 13.0. The maximum atomic E-state index is 13.7. The first-order chi connectivity index (χ1) is 18.9. The molecule has 7 nitrogen and oxygen atoms in total. The van der Waals surface area contributed by atoms with E-state index in [-0.39, 0.29) is 11.4 Å². The Hall–Kier alpha value is -2.14. The Morgan fingerprint density at radius 2 is 1.97 bits per heavy atom. The highest BCUT2D eigenvalue weighted by Crippen LogP contribution is 2.33. The number of aryl methyl sites for hydroxylation is 1. The number of rotatable bonds is 14. The number of unbranched alkanes of at least 4 members (excludes halogenated alkanes) is 1. The van der Waals surface area contributed by atoms with Gasteiger partial charge in [-0.15, -0.1) is 0 Å². The molecule has 10 heteroatoms.